The van der Waals surface area contributed by atoms with Crippen LogP contribution >= 0.6 is 0 Å². The molecule has 3 aromatic rings. The van der Waals surface area contributed by atoms with E-state index in [1.165, 1.54) is 38.3 Å². The molecule has 0 spiro atoms. The van der Waals surface area contributed by atoms with Gasteiger partial charge >= 0.3 is 17.9 Å². The highest BCUT2D eigenvalue weighted by Crippen LogP contribution is 2.32. The lowest BCUT2D eigenvalue weighted by atomic mass is 10.1. The summed E-state index contributed by atoms with van der Waals surface area (Å²) >= 11 is 0. The predicted octanol–water partition coefficient (Wildman–Crippen LogP) is 3.96. The Morgan fingerprint density at radius 2 is 1.26 bits per heavy atom. The van der Waals surface area contributed by atoms with Gasteiger partial charge in [0.2, 0.25) is 0 Å². The third-order valence-corrected chi connectivity index (χ3v) is 6.01. The van der Waals surface area contributed by atoms with E-state index in [-0.39, 0.29) is 22.4 Å². The fourth-order valence-electron chi connectivity index (χ4n) is 4.03. The van der Waals surface area contributed by atoms with E-state index < -0.39 is 53.5 Å². The maximum Gasteiger partial charge on any atom is 0.338 e. The summed E-state index contributed by atoms with van der Waals surface area (Å²) in [6.45, 7) is 1.52. The molecule has 11 nitrogen and oxygen atoms in total. The summed E-state index contributed by atoms with van der Waals surface area (Å²) in [6, 6.07) is 21.3. The average molecular weight is 536 g/mol. The van der Waals surface area contributed by atoms with Crippen molar-refractivity contribution < 1.29 is 43.0 Å². The van der Waals surface area contributed by atoms with E-state index in [4.69, 9.17) is 23.7 Å². The summed E-state index contributed by atoms with van der Waals surface area (Å²) in [7, 11) is 1.33. The van der Waals surface area contributed by atoms with Crippen molar-refractivity contribution in [1.29, 1.82) is 0 Å². The van der Waals surface area contributed by atoms with Gasteiger partial charge in [-0.2, -0.15) is 0 Å². The van der Waals surface area contributed by atoms with Crippen molar-refractivity contribution in [1.82, 2.24) is 0 Å². The van der Waals surface area contributed by atoms with Gasteiger partial charge in [-0.1, -0.05) is 36.4 Å². The quantitative estimate of drug-likeness (QED) is 0.171. The van der Waals surface area contributed by atoms with Gasteiger partial charge in [0.05, 0.1) is 21.6 Å². The molecule has 2 unspecified atom stereocenters. The third-order valence-electron chi connectivity index (χ3n) is 6.01. The second-order valence-corrected chi connectivity index (χ2v) is 8.59. The van der Waals surface area contributed by atoms with E-state index in [9.17, 15) is 24.5 Å². The maximum atomic E-state index is 13.0. The number of methoxy groups -OCH3 is 1. The number of benzene rings is 3. The van der Waals surface area contributed by atoms with Crippen LogP contribution < -0.4 is 0 Å². The minimum Gasteiger partial charge on any atom is -0.456 e. The van der Waals surface area contributed by atoms with E-state index in [0.29, 0.717) is 0 Å². The fourth-order valence-corrected chi connectivity index (χ4v) is 4.03. The topological polar surface area (TPSA) is 141 Å². The van der Waals surface area contributed by atoms with Gasteiger partial charge in [-0.05, 0) is 43.3 Å². The van der Waals surface area contributed by atoms with Gasteiger partial charge in [0.1, 0.15) is 12.2 Å². The number of nitro benzene ring substituents is 1. The van der Waals surface area contributed by atoms with Crippen LogP contribution in [0.3, 0.4) is 0 Å². The summed E-state index contributed by atoms with van der Waals surface area (Å²) in [5.74, 6) is -2.18. The van der Waals surface area contributed by atoms with Gasteiger partial charge < -0.3 is 23.7 Å². The van der Waals surface area contributed by atoms with Gasteiger partial charge in [-0.15, -0.1) is 0 Å². The van der Waals surface area contributed by atoms with E-state index in [1.807, 2.05) is 0 Å². The van der Waals surface area contributed by atoms with E-state index in [2.05, 4.69) is 0 Å². The molecule has 0 saturated carbocycles. The molecule has 0 radical (unpaired) electrons. The SMILES string of the molecule is COC1O[C@H](C(C)OC(=O)c2ccc([N+](=O)[O-])cc2)[C@@H](OC(=O)c2ccccc2)[C@H]1OC(=O)c1ccccc1. The molecule has 0 N–H and O–H groups in total. The second kappa shape index (κ2) is 12.3. The Kier molecular flexibility index (Phi) is 8.64. The molecule has 1 aliphatic rings. The lowest BCUT2D eigenvalue weighted by Crippen LogP contribution is -2.44. The molecule has 1 aliphatic heterocycles. The van der Waals surface area contributed by atoms with E-state index >= 15 is 0 Å². The van der Waals surface area contributed by atoms with Crippen LogP contribution in [-0.2, 0) is 23.7 Å². The van der Waals surface area contributed by atoms with Gasteiger partial charge in [0.25, 0.3) is 5.69 Å². The third kappa shape index (κ3) is 6.46. The van der Waals surface area contributed by atoms with Gasteiger partial charge in [0, 0.05) is 19.2 Å². The number of nitro groups is 1. The molecular formula is C28H25NO10. The second-order valence-electron chi connectivity index (χ2n) is 8.59. The Labute approximate surface area is 223 Å². The lowest BCUT2D eigenvalue weighted by molar-refractivity contribution is -0.384. The highest BCUT2D eigenvalue weighted by molar-refractivity contribution is 5.91. The Balaban J connectivity index is 1.57. The summed E-state index contributed by atoms with van der Waals surface area (Å²) in [6.07, 6.45) is -5.65. The average Bonchev–Trinajstić information content (AvgIpc) is 3.30. The number of carbonyl (C=O) groups is 3. The molecular weight excluding hydrogens is 510 g/mol. The first kappa shape index (κ1) is 27.4. The minimum absolute atomic E-state index is 0.0682. The highest BCUT2D eigenvalue weighted by Gasteiger charge is 2.53. The van der Waals surface area contributed by atoms with Crippen molar-refractivity contribution in [3.05, 3.63) is 112 Å². The molecule has 0 aliphatic carbocycles. The van der Waals surface area contributed by atoms with Crippen LogP contribution in [0.1, 0.15) is 38.0 Å². The number of ether oxygens (including phenoxy) is 5. The number of hydrogen-bond acceptors (Lipinski definition) is 10. The largest absolute Gasteiger partial charge is 0.456 e. The zero-order valence-corrected chi connectivity index (χ0v) is 21.0. The van der Waals surface area contributed by atoms with E-state index in [1.54, 1.807) is 60.7 Å². The number of rotatable bonds is 9. The minimum atomic E-state index is -1.21. The monoisotopic (exact) mass is 535 g/mol. The van der Waals surface area contributed by atoms with Crippen LogP contribution in [0.4, 0.5) is 5.69 Å². The van der Waals surface area contributed by atoms with Crippen LogP contribution in [0, 0.1) is 10.1 Å². The van der Waals surface area contributed by atoms with Gasteiger partial charge in [0.15, 0.2) is 18.5 Å². The van der Waals surface area contributed by atoms with Crippen LogP contribution in [-0.4, -0.2) is 60.6 Å². The van der Waals surface area contributed by atoms with Gasteiger partial charge in [-0.3, -0.25) is 10.1 Å². The van der Waals surface area contributed by atoms with Crippen molar-refractivity contribution >= 4 is 23.6 Å². The molecule has 1 heterocycles. The molecule has 1 fully saturated rings. The molecule has 0 aromatic heterocycles. The predicted molar refractivity (Wildman–Crippen MR) is 135 cm³/mol. The Morgan fingerprint density at radius 1 is 0.769 bits per heavy atom. The van der Waals surface area contributed by atoms with E-state index in [0.717, 1.165) is 0 Å². The van der Waals surface area contributed by atoms with Crippen molar-refractivity contribution in [3.8, 4) is 0 Å². The van der Waals surface area contributed by atoms with Crippen LogP contribution in [0.2, 0.25) is 0 Å². The van der Waals surface area contributed by atoms with Crippen LogP contribution in [0.5, 0.6) is 0 Å². The van der Waals surface area contributed by atoms with Crippen molar-refractivity contribution in [2.45, 2.75) is 37.6 Å². The molecule has 39 heavy (non-hydrogen) atoms. The fraction of sp³-hybridized carbons (Fsp3) is 0.250. The molecule has 202 valence electrons. The zero-order valence-electron chi connectivity index (χ0n) is 21.0. The normalized spacial score (nSPS) is 21.0. The van der Waals surface area contributed by atoms with Crippen molar-refractivity contribution in [3.63, 3.8) is 0 Å². The number of nitrogens with zero attached hydrogens (tertiary/aromatic N) is 1. The molecule has 11 heteroatoms. The first-order valence-corrected chi connectivity index (χ1v) is 11.9. The van der Waals surface area contributed by atoms with Crippen molar-refractivity contribution in [2.75, 3.05) is 7.11 Å². The zero-order chi connectivity index (χ0) is 27.9. The Morgan fingerprint density at radius 3 is 1.74 bits per heavy atom. The molecule has 3 aromatic carbocycles. The van der Waals surface area contributed by atoms with Crippen LogP contribution in [0.25, 0.3) is 0 Å². The lowest BCUT2D eigenvalue weighted by Gasteiger charge is -2.26. The van der Waals surface area contributed by atoms with Crippen molar-refractivity contribution in [2.24, 2.45) is 0 Å². The summed E-state index contributed by atoms with van der Waals surface area (Å²) < 4.78 is 28.3. The first-order chi connectivity index (χ1) is 18.8. The number of non-ortho nitro benzene ring substituents is 1. The number of hydrogen-bond donors (Lipinski definition) is 0. The molecule has 0 amide bonds. The summed E-state index contributed by atoms with van der Waals surface area (Å²) in [5.41, 5.74) is 0.401. The summed E-state index contributed by atoms with van der Waals surface area (Å²) in [4.78, 5) is 48.9. The molecule has 4 rings (SSSR count). The Bertz CT molecular complexity index is 1310. The van der Waals surface area contributed by atoms with Gasteiger partial charge in [-0.25, -0.2) is 14.4 Å². The maximum absolute atomic E-state index is 13.0. The molecule has 5 atom stereocenters. The first-order valence-electron chi connectivity index (χ1n) is 11.9. The summed E-state index contributed by atoms with van der Waals surface area (Å²) in [5, 5.41) is 10.9. The number of carbonyl (C=O) groups excluding carboxylic acids is 3. The number of esters is 3. The molecule has 0 bridgehead atoms. The highest BCUT2D eigenvalue weighted by atomic mass is 16.7. The van der Waals surface area contributed by atoms with Crippen LogP contribution in [0.15, 0.2) is 84.9 Å². The standard InChI is InChI=1S/C28H25NO10/c1-17(36-25(30)20-13-15-21(16-14-20)29(33)34)22-23(37-26(31)18-9-5-3-6-10-18)24(28(35-2)39-22)38-27(32)19-11-7-4-8-12-19/h3-17,22-24,28H,1-2H3/t17?,22-,23-,24-,28?/m1/s1. The molecule has 1 saturated heterocycles. The Hall–Kier alpha value is -4.61. The smallest absolute Gasteiger partial charge is 0.338 e.